The Labute approximate surface area is 182 Å². The number of aryl methyl sites for hydroxylation is 1. The molecule has 0 unspecified atom stereocenters. The number of nitrogens with zero attached hydrogens (tertiary/aromatic N) is 3. The zero-order chi connectivity index (χ0) is 20.3. The van der Waals surface area contributed by atoms with Crippen molar-refractivity contribution < 1.29 is 23.2 Å². The van der Waals surface area contributed by atoms with E-state index in [0.29, 0.717) is 0 Å². The van der Waals surface area contributed by atoms with E-state index in [4.69, 9.17) is 39.5 Å². The molecule has 0 spiro atoms. The van der Waals surface area contributed by atoms with E-state index >= 15 is 0 Å². The standard InChI is InChI=1S/C17H14Cl3N4O3S.H2O/c1-24-8-3-2-5-11(24)10-27-17-16(21-9-14(19)22-17)23-28(25,26)13-7-4-6-12(18)15(13)20;/h2-9H,10H2,1H3,(H,21,23);1H2/q+1;. The molecule has 0 radical (unpaired) electrons. The Morgan fingerprint density at radius 3 is 2.62 bits per heavy atom. The second-order valence-electron chi connectivity index (χ2n) is 5.60. The average molecular weight is 479 g/mol. The second kappa shape index (κ2) is 9.55. The van der Waals surface area contributed by atoms with Gasteiger partial charge in [0.25, 0.3) is 15.9 Å². The molecule has 0 bridgehead atoms. The first kappa shape index (κ1) is 23.1. The molecule has 29 heavy (non-hydrogen) atoms. The number of aromatic nitrogens is 3. The number of ether oxygens (including phenoxy) is 1. The number of pyridine rings is 1. The molecule has 2 aromatic heterocycles. The van der Waals surface area contributed by atoms with Gasteiger partial charge in [0.1, 0.15) is 11.9 Å². The van der Waals surface area contributed by atoms with Gasteiger partial charge in [-0.2, -0.15) is 4.98 Å². The zero-order valence-corrected chi connectivity index (χ0v) is 18.0. The van der Waals surface area contributed by atoms with Gasteiger partial charge in [-0.05, 0) is 18.2 Å². The Kier molecular flexibility index (Phi) is 7.61. The summed E-state index contributed by atoms with van der Waals surface area (Å²) in [5, 5.41) is 0.0633. The highest BCUT2D eigenvalue weighted by molar-refractivity contribution is 7.92. The largest absolute Gasteiger partial charge is 0.464 e. The maximum Gasteiger partial charge on any atom is 0.264 e. The van der Waals surface area contributed by atoms with E-state index in [-0.39, 0.29) is 43.9 Å². The first-order valence-corrected chi connectivity index (χ1v) is 10.5. The minimum atomic E-state index is -4.09. The summed E-state index contributed by atoms with van der Waals surface area (Å²) >= 11 is 17.8. The predicted octanol–water partition coefficient (Wildman–Crippen LogP) is 2.82. The van der Waals surface area contributed by atoms with Crippen LogP contribution in [0.2, 0.25) is 15.2 Å². The molecule has 3 N–H and O–H groups in total. The molecule has 12 heteroatoms. The van der Waals surface area contributed by atoms with Gasteiger partial charge in [0.15, 0.2) is 18.0 Å². The summed E-state index contributed by atoms with van der Waals surface area (Å²) < 4.78 is 35.3. The summed E-state index contributed by atoms with van der Waals surface area (Å²) in [4.78, 5) is 7.81. The smallest absolute Gasteiger partial charge is 0.264 e. The van der Waals surface area contributed by atoms with Gasteiger partial charge in [-0.1, -0.05) is 40.9 Å². The van der Waals surface area contributed by atoms with Crippen molar-refractivity contribution in [3.63, 3.8) is 0 Å². The molecule has 8 nitrogen and oxygen atoms in total. The lowest BCUT2D eigenvalue weighted by atomic mass is 10.3. The molecular weight excluding hydrogens is 463 g/mol. The molecule has 0 amide bonds. The number of halogens is 3. The van der Waals surface area contributed by atoms with Gasteiger partial charge in [-0.25, -0.2) is 18.0 Å². The molecule has 0 atom stereocenters. The number of rotatable bonds is 6. The maximum absolute atomic E-state index is 12.7. The summed E-state index contributed by atoms with van der Waals surface area (Å²) in [5.41, 5.74) is 0.830. The van der Waals surface area contributed by atoms with E-state index in [1.165, 1.54) is 24.4 Å². The van der Waals surface area contributed by atoms with Crippen molar-refractivity contribution in [1.29, 1.82) is 0 Å². The molecule has 0 aliphatic carbocycles. The third kappa shape index (κ3) is 5.46. The summed E-state index contributed by atoms with van der Waals surface area (Å²) in [5.74, 6) is -0.197. The fraction of sp³-hybridized carbons (Fsp3) is 0.118. The van der Waals surface area contributed by atoms with Crippen LogP contribution in [-0.2, 0) is 23.7 Å². The molecule has 2 heterocycles. The van der Waals surface area contributed by atoms with E-state index in [9.17, 15) is 8.42 Å². The number of nitrogens with one attached hydrogen (secondary N) is 1. The normalized spacial score (nSPS) is 10.9. The number of hydrogen-bond donors (Lipinski definition) is 1. The van der Waals surface area contributed by atoms with Crippen molar-refractivity contribution in [2.24, 2.45) is 7.05 Å². The van der Waals surface area contributed by atoms with Gasteiger partial charge >= 0.3 is 0 Å². The SMILES string of the molecule is C[n+]1ccccc1COc1nc(Cl)cnc1NS(=O)(=O)c1cccc(Cl)c1Cl.O. The van der Waals surface area contributed by atoms with E-state index < -0.39 is 10.0 Å². The summed E-state index contributed by atoms with van der Waals surface area (Å²) in [6.07, 6.45) is 3.06. The summed E-state index contributed by atoms with van der Waals surface area (Å²) in [7, 11) is -2.24. The predicted molar refractivity (Wildman–Crippen MR) is 110 cm³/mol. The van der Waals surface area contributed by atoms with Crippen molar-refractivity contribution in [1.82, 2.24) is 9.97 Å². The molecule has 0 fully saturated rings. The van der Waals surface area contributed by atoms with Gasteiger partial charge in [0, 0.05) is 12.1 Å². The second-order valence-corrected chi connectivity index (χ2v) is 8.42. The zero-order valence-electron chi connectivity index (χ0n) is 14.9. The quantitative estimate of drug-likeness (QED) is 0.547. The lowest BCUT2D eigenvalue weighted by Gasteiger charge is -2.12. The Morgan fingerprint density at radius 1 is 1.14 bits per heavy atom. The maximum atomic E-state index is 12.7. The lowest BCUT2D eigenvalue weighted by molar-refractivity contribution is -0.680. The number of benzene rings is 1. The van der Waals surface area contributed by atoms with Crippen LogP contribution in [0.25, 0.3) is 0 Å². The van der Waals surface area contributed by atoms with Crippen LogP contribution in [-0.4, -0.2) is 23.9 Å². The first-order chi connectivity index (χ1) is 13.3. The Hall–Kier alpha value is -2.17. The molecule has 0 saturated heterocycles. The molecule has 1 aromatic carbocycles. The summed E-state index contributed by atoms with van der Waals surface area (Å²) in [6, 6.07) is 9.87. The Bertz CT molecular complexity index is 1130. The van der Waals surface area contributed by atoms with Gasteiger partial charge in [0.05, 0.1) is 16.2 Å². The minimum Gasteiger partial charge on any atom is -0.464 e. The third-order valence-corrected chi connectivity index (χ3v) is 6.16. The molecule has 3 rings (SSSR count). The van der Waals surface area contributed by atoms with Gasteiger partial charge in [-0.3, -0.25) is 4.72 Å². The highest BCUT2D eigenvalue weighted by Crippen LogP contribution is 2.31. The van der Waals surface area contributed by atoms with Crippen molar-refractivity contribution in [2.75, 3.05) is 4.72 Å². The van der Waals surface area contributed by atoms with E-state index in [1.807, 2.05) is 36.0 Å². The third-order valence-electron chi connectivity index (χ3n) is 3.67. The van der Waals surface area contributed by atoms with Crippen molar-refractivity contribution in [3.8, 4) is 5.88 Å². The van der Waals surface area contributed by atoms with Crippen LogP contribution in [0.1, 0.15) is 5.69 Å². The molecular formula is C17H16Cl3N4O4S+. The van der Waals surface area contributed by atoms with E-state index in [1.54, 1.807) is 0 Å². The topological polar surface area (TPSA) is 117 Å². The minimum absolute atomic E-state index is 0. The number of sulfonamides is 1. The molecule has 154 valence electrons. The Balaban J connectivity index is 0.00000300. The van der Waals surface area contributed by atoms with Gasteiger partial charge in [0.2, 0.25) is 11.5 Å². The van der Waals surface area contributed by atoms with Gasteiger partial charge in [-0.15, -0.1) is 0 Å². The highest BCUT2D eigenvalue weighted by atomic mass is 35.5. The monoisotopic (exact) mass is 477 g/mol. The van der Waals surface area contributed by atoms with Crippen LogP contribution in [0.5, 0.6) is 5.88 Å². The highest BCUT2D eigenvalue weighted by Gasteiger charge is 2.23. The van der Waals surface area contributed by atoms with Gasteiger partial charge < -0.3 is 10.2 Å². The fourth-order valence-electron chi connectivity index (χ4n) is 2.25. The van der Waals surface area contributed by atoms with Crippen LogP contribution in [0.3, 0.4) is 0 Å². The lowest BCUT2D eigenvalue weighted by Crippen LogP contribution is -2.33. The fourth-order valence-corrected chi connectivity index (χ4v) is 4.14. The van der Waals surface area contributed by atoms with Crippen molar-refractivity contribution in [2.45, 2.75) is 11.5 Å². The first-order valence-electron chi connectivity index (χ1n) is 7.83. The van der Waals surface area contributed by atoms with E-state index in [2.05, 4.69) is 14.7 Å². The van der Waals surface area contributed by atoms with Crippen LogP contribution in [0, 0.1) is 0 Å². The average Bonchev–Trinajstić information content (AvgIpc) is 2.65. The Morgan fingerprint density at radius 2 is 1.90 bits per heavy atom. The number of anilines is 1. The molecule has 0 aliphatic rings. The van der Waals surface area contributed by atoms with Crippen LogP contribution in [0.4, 0.5) is 5.82 Å². The molecule has 0 aliphatic heterocycles. The van der Waals surface area contributed by atoms with Crippen molar-refractivity contribution in [3.05, 3.63) is 69.7 Å². The van der Waals surface area contributed by atoms with E-state index in [0.717, 1.165) is 5.69 Å². The summed E-state index contributed by atoms with van der Waals surface area (Å²) in [6.45, 7) is 0.124. The molecule has 0 saturated carbocycles. The van der Waals surface area contributed by atoms with Crippen LogP contribution < -0.4 is 14.0 Å². The van der Waals surface area contributed by atoms with Crippen molar-refractivity contribution >= 4 is 50.6 Å². The molecule has 3 aromatic rings. The van der Waals surface area contributed by atoms with Crippen LogP contribution >= 0.6 is 34.8 Å². The number of hydrogen-bond acceptors (Lipinski definition) is 5. The van der Waals surface area contributed by atoms with Crippen LogP contribution in [0.15, 0.2) is 53.7 Å².